The minimum atomic E-state index is -0.709. The number of amides is 1. The molecule has 6 heteroatoms. The molecule has 0 spiro atoms. The summed E-state index contributed by atoms with van der Waals surface area (Å²) in [7, 11) is 0. The second-order valence-electron chi connectivity index (χ2n) is 8.48. The van der Waals surface area contributed by atoms with Crippen molar-refractivity contribution in [1.29, 1.82) is 0 Å². The summed E-state index contributed by atoms with van der Waals surface area (Å²) in [6.07, 6.45) is -0.0515. The van der Waals surface area contributed by atoms with Crippen molar-refractivity contribution in [1.82, 2.24) is 4.90 Å². The molecule has 0 aliphatic carbocycles. The van der Waals surface area contributed by atoms with Gasteiger partial charge in [-0.15, -0.1) is 0 Å². The number of benzene rings is 3. The molecule has 0 aromatic heterocycles. The zero-order valence-electron chi connectivity index (χ0n) is 19.0. The van der Waals surface area contributed by atoms with E-state index in [9.17, 15) is 14.7 Å². The number of aliphatic hydroxyl groups excluding tert-OH is 1. The van der Waals surface area contributed by atoms with Gasteiger partial charge in [0.1, 0.15) is 12.7 Å². The second kappa shape index (κ2) is 11.5. The van der Waals surface area contributed by atoms with Gasteiger partial charge in [0, 0.05) is 6.04 Å². The van der Waals surface area contributed by atoms with Gasteiger partial charge in [0.05, 0.1) is 18.2 Å². The topological polar surface area (TPSA) is 76.1 Å². The normalized spacial score (nSPS) is 18.7. The lowest BCUT2D eigenvalue weighted by molar-refractivity contribution is -0.0167. The van der Waals surface area contributed by atoms with Gasteiger partial charge in [0.25, 0.3) is 0 Å². The van der Waals surface area contributed by atoms with E-state index in [1.807, 2.05) is 66.7 Å². The third-order valence-corrected chi connectivity index (χ3v) is 6.07. The molecule has 34 heavy (non-hydrogen) atoms. The van der Waals surface area contributed by atoms with Gasteiger partial charge in [-0.1, -0.05) is 78.9 Å². The molecule has 4 rings (SSSR count). The highest BCUT2D eigenvalue weighted by Crippen LogP contribution is 2.29. The van der Waals surface area contributed by atoms with Crippen LogP contribution in [-0.2, 0) is 16.1 Å². The van der Waals surface area contributed by atoms with Gasteiger partial charge in [-0.3, -0.25) is 0 Å². The molecule has 1 N–H and O–H groups in total. The number of nitrogens with zero attached hydrogens (tertiary/aromatic N) is 1. The zero-order valence-corrected chi connectivity index (χ0v) is 19.0. The first-order chi connectivity index (χ1) is 16.6. The predicted octanol–water partition coefficient (Wildman–Crippen LogP) is 5.14. The predicted molar refractivity (Wildman–Crippen MR) is 128 cm³/mol. The van der Waals surface area contributed by atoms with E-state index in [0.29, 0.717) is 24.8 Å². The van der Waals surface area contributed by atoms with Gasteiger partial charge in [-0.25, -0.2) is 9.59 Å². The summed E-state index contributed by atoms with van der Waals surface area (Å²) in [5.41, 5.74) is 2.17. The van der Waals surface area contributed by atoms with E-state index >= 15 is 0 Å². The number of likely N-dealkylation sites (tertiary alicyclic amines) is 1. The summed E-state index contributed by atoms with van der Waals surface area (Å²) in [6.45, 7) is 0.372. The van der Waals surface area contributed by atoms with E-state index in [1.165, 1.54) is 0 Å². The summed E-state index contributed by atoms with van der Waals surface area (Å²) in [4.78, 5) is 27.2. The van der Waals surface area contributed by atoms with Crippen LogP contribution < -0.4 is 0 Å². The van der Waals surface area contributed by atoms with Crippen LogP contribution in [0.4, 0.5) is 4.79 Å². The number of rotatable bonds is 7. The van der Waals surface area contributed by atoms with Crippen molar-refractivity contribution >= 4 is 12.1 Å². The Bertz CT molecular complexity index is 1060. The number of aliphatic hydroxyl groups is 1. The van der Waals surface area contributed by atoms with Crippen LogP contribution in [0.3, 0.4) is 0 Å². The molecule has 3 aromatic carbocycles. The Kier molecular flexibility index (Phi) is 7.94. The van der Waals surface area contributed by atoms with Crippen molar-refractivity contribution in [3.63, 3.8) is 0 Å². The van der Waals surface area contributed by atoms with Crippen LogP contribution in [0.5, 0.6) is 0 Å². The molecule has 1 fully saturated rings. The molecule has 1 saturated heterocycles. The van der Waals surface area contributed by atoms with Gasteiger partial charge in [-0.2, -0.15) is 0 Å². The Hall–Kier alpha value is -3.64. The molecule has 1 amide bonds. The van der Waals surface area contributed by atoms with Crippen molar-refractivity contribution in [3.8, 4) is 0 Å². The van der Waals surface area contributed by atoms with Crippen molar-refractivity contribution in [2.75, 3.05) is 6.54 Å². The third-order valence-electron chi connectivity index (χ3n) is 6.07. The van der Waals surface area contributed by atoms with Gasteiger partial charge in [0.2, 0.25) is 0 Å². The Morgan fingerprint density at radius 3 is 2.18 bits per heavy atom. The zero-order chi connectivity index (χ0) is 23.8. The number of carbonyl (C=O) groups excluding carboxylic acids is 2. The van der Waals surface area contributed by atoms with Crippen LogP contribution in [0, 0.1) is 0 Å². The largest absolute Gasteiger partial charge is 0.457 e. The van der Waals surface area contributed by atoms with Crippen molar-refractivity contribution in [2.24, 2.45) is 0 Å². The SMILES string of the molecule is O=C(OC1CCC(CC(O)c2ccccc2)N(C(=O)OCc2ccccc2)C1)c1ccccc1. The maximum Gasteiger partial charge on any atom is 0.410 e. The van der Waals surface area contributed by atoms with Crippen molar-refractivity contribution in [3.05, 3.63) is 108 Å². The maximum atomic E-state index is 13.1. The van der Waals surface area contributed by atoms with E-state index in [0.717, 1.165) is 11.1 Å². The third kappa shape index (κ3) is 6.23. The van der Waals surface area contributed by atoms with Gasteiger partial charge in [-0.05, 0) is 42.5 Å². The summed E-state index contributed by atoms with van der Waals surface area (Å²) >= 11 is 0. The van der Waals surface area contributed by atoms with E-state index in [4.69, 9.17) is 9.47 Å². The van der Waals surface area contributed by atoms with Crippen molar-refractivity contribution in [2.45, 2.75) is 44.1 Å². The van der Waals surface area contributed by atoms with Gasteiger partial charge >= 0.3 is 12.1 Å². The van der Waals surface area contributed by atoms with Gasteiger partial charge in [0.15, 0.2) is 0 Å². The number of hydrogen-bond acceptors (Lipinski definition) is 5. The molecule has 3 unspecified atom stereocenters. The van der Waals surface area contributed by atoms with E-state index in [1.54, 1.807) is 29.2 Å². The highest BCUT2D eigenvalue weighted by molar-refractivity contribution is 5.89. The summed E-state index contributed by atoms with van der Waals surface area (Å²) < 4.78 is 11.3. The number of carbonyl (C=O) groups is 2. The second-order valence-corrected chi connectivity index (χ2v) is 8.48. The fourth-order valence-electron chi connectivity index (χ4n) is 4.22. The number of ether oxygens (including phenoxy) is 2. The smallest absolute Gasteiger partial charge is 0.410 e. The van der Waals surface area contributed by atoms with Crippen LogP contribution in [-0.4, -0.2) is 40.8 Å². The van der Waals surface area contributed by atoms with Crippen LogP contribution in [0.15, 0.2) is 91.0 Å². The molecule has 3 aromatic rings. The molecule has 1 aliphatic rings. The Labute approximate surface area is 199 Å². The van der Waals surface area contributed by atoms with E-state index in [2.05, 4.69) is 0 Å². The number of hydrogen-bond donors (Lipinski definition) is 1. The first-order valence-corrected chi connectivity index (χ1v) is 11.6. The minimum Gasteiger partial charge on any atom is -0.457 e. The van der Waals surface area contributed by atoms with Crippen LogP contribution in [0.1, 0.15) is 46.9 Å². The molecule has 6 nitrogen and oxygen atoms in total. The first-order valence-electron chi connectivity index (χ1n) is 11.6. The summed E-state index contributed by atoms with van der Waals surface area (Å²) in [5.74, 6) is -0.411. The molecular formula is C28H29NO5. The number of esters is 1. The molecule has 3 atom stereocenters. The minimum absolute atomic E-state index is 0.151. The Morgan fingerprint density at radius 1 is 0.882 bits per heavy atom. The Balaban J connectivity index is 1.44. The van der Waals surface area contributed by atoms with Crippen LogP contribution in [0.25, 0.3) is 0 Å². The van der Waals surface area contributed by atoms with E-state index < -0.39 is 24.3 Å². The molecular weight excluding hydrogens is 430 g/mol. The lowest BCUT2D eigenvalue weighted by Gasteiger charge is -2.39. The van der Waals surface area contributed by atoms with Crippen LogP contribution in [0.2, 0.25) is 0 Å². The van der Waals surface area contributed by atoms with E-state index in [-0.39, 0.29) is 19.2 Å². The van der Waals surface area contributed by atoms with Gasteiger partial charge < -0.3 is 19.5 Å². The van der Waals surface area contributed by atoms with Crippen molar-refractivity contribution < 1.29 is 24.2 Å². The average Bonchev–Trinajstić information content (AvgIpc) is 2.89. The molecule has 0 saturated carbocycles. The fourth-order valence-corrected chi connectivity index (χ4v) is 4.22. The standard InChI is InChI=1S/C28H29NO5/c30-26(22-12-6-2-7-13-22)18-24-16-17-25(34-27(31)23-14-8-3-9-15-23)19-29(24)28(32)33-20-21-10-4-1-5-11-21/h1-15,24-26,30H,16-20H2. The van der Waals surface area contributed by atoms with Crippen LogP contribution >= 0.6 is 0 Å². The fraction of sp³-hybridized carbons (Fsp3) is 0.286. The monoisotopic (exact) mass is 459 g/mol. The molecule has 1 aliphatic heterocycles. The lowest BCUT2D eigenvalue weighted by atomic mass is 9.93. The summed E-state index contributed by atoms with van der Waals surface area (Å²) in [6, 6.07) is 27.5. The average molecular weight is 460 g/mol. The molecule has 0 bridgehead atoms. The number of piperidine rings is 1. The highest BCUT2D eigenvalue weighted by Gasteiger charge is 2.35. The molecule has 0 radical (unpaired) electrons. The summed E-state index contributed by atoms with van der Waals surface area (Å²) in [5, 5.41) is 10.8. The molecule has 176 valence electrons. The maximum absolute atomic E-state index is 13.1. The first kappa shape index (κ1) is 23.5. The Morgan fingerprint density at radius 2 is 1.50 bits per heavy atom. The highest BCUT2D eigenvalue weighted by atomic mass is 16.6. The molecule has 1 heterocycles. The quantitative estimate of drug-likeness (QED) is 0.495. The lowest BCUT2D eigenvalue weighted by Crippen LogP contribution is -2.50.